The van der Waals surface area contributed by atoms with Crippen molar-refractivity contribution < 1.29 is 4.79 Å². The number of carbonyl (C=O) groups is 1. The number of amides is 1. The van der Waals surface area contributed by atoms with E-state index >= 15 is 0 Å². The van der Waals surface area contributed by atoms with Crippen LogP contribution in [0.4, 0.5) is 11.6 Å². The molecule has 1 atom stereocenters. The third-order valence-electron chi connectivity index (χ3n) is 4.55. The molecule has 2 aromatic heterocycles. The average molecular weight is 409 g/mol. The van der Waals surface area contributed by atoms with Gasteiger partial charge in [-0.3, -0.25) is 4.79 Å². The van der Waals surface area contributed by atoms with Crippen molar-refractivity contribution >= 4 is 40.9 Å². The summed E-state index contributed by atoms with van der Waals surface area (Å²) in [7, 11) is 0. The minimum absolute atomic E-state index is 0. The number of nitrogen functional groups attached to an aromatic ring is 1. The van der Waals surface area contributed by atoms with Gasteiger partial charge in [0.25, 0.3) is 0 Å². The normalized spacial score (nSPS) is 11.6. The lowest BCUT2D eigenvalue weighted by atomic mass is 10.0. The number of hydrogen-bond donors (Lipinski definition) is 4. The first kappa shape index (κ1) is 20.3. The number of rotatable bonds is 5. The number of fused-ring (bicyclic) bond motifs is 1. The van der Waals surface area contributed by atoms with E-state index in [1.165, 1.54) is 0 Å². The smallest absolute Gasteiger partial charge is 0.241 e. The number of nitrogens with zero attached hydrogens (tertiary/aromatic N) is 2. The van der Waals surface area contributed by atoms with Crippen LogP contribution < -0.4 is 16.8 Å². The summed E-state index contributed by atoms with van der Waals surface area (Å²) in [5.74, 6) is -0.0441. The first-order valence-corrected chi connectivity index (χ1v) is 8.90. The van der Waals surface area contributed by atoms with Gasteiger partial charge in [0.1, 0.15) is 0 Å². The second-order valence-corrected chi connectivity index (χ2v) is 6.54. The number of anilines is 2. The van der Waals surface area contributed by atoms with E-state index in [-0.39, 0.29) is 24.3 Å². The van der Waals surface area contributed by atoms with Crippen molar-refractivity contribution in [2.45, 2.75) is 12.5 Å². The average Bonchev–Trinajstić information content (AvgIpc) is 3.11. The Balaban J connectivity index is 0.00000240. The van der Waals surface area contributed by atoms with Gasteiger partial charge < -0.3 is 21.8 Å². The van der Waals surface area contributed by atoms with Crippen LogP contribution in [0.5, 0.6) is 0 Å². The summed E-state index contributed by atoms with van der Waals surface area (Å²) in [4.78, 5) is 23.9. The predicted octanol–water partition coefficient (Wildman–Crippen LogP) is 3.14. The van der Waals surface area contributed by atoms with Crippen LogP contribution >= 0.6 is 12.4 Å². The zero-order valence-corrected chi connectivity index (χ0v) is 16.3. The van der Waals surface area contributed by atoms with Gasteiger partial charge in [0.2, 0.25) is 11.9 Å². The molecule has 2 aromatic carbocycles. The summed E-state index contributed by atoms with van der Waals surface area (Å²) in [6, 6.07) is 16.4. The standard InChI is InChI=1S/C21H20N6O.ClH/c22-17(11-14-12-25-19-7-2-1-6-16(14)19)20(28)26-15-5-3-4-13(10-15)18-8-9-24-21(23)27-18;/h1-10,12,17,25H,11,22H2,(H,26,28)(H2,23,24,27);1H. The third kappa shape index (κ3) is 4.53. The highest BCUT2D eigenvalue weighted by Crippen LogP contribution is 2.22. The highest BCUT2D eigenvalue weighted by molar-refractivity contribution is 5.96. The van der Waals surface area contributed by atoms with Gasteiger partial charge in [-0.15, -0.1) is 12.4 Å². The van der Waals surface area contributed by atoms with Gasteiger partial charge in [0.05, 0.1) is 11.7 Å². The van der Waals surface area contributed by atoms with Crippen LogP contribution in [0.3, 0.4) is 0 Å². The molecule has 0 fully saturated rings. The van der Waals surface area contributed by atoms with Crippen molar-refractivity contribution in [3.8, 4) is 11.3 Å². The minimum atomic E-state index is -0.669. The number of nitrogens with one attached hydrogen (secondary N) is 2. The van der Waals surface area contributed by atoms with Gasteiger partial charge in [0, 0.05) is 34.5 Å². The van der Waals surface area contributed by atoms with Crippen LogP contribution in [-0.4, -0.2) is 26.9 Å². The van der Waals surface area contributed by atoms with E-state index in [1.807, 2.05) is 54.7 Å². The summed E-state index contributed by atoms with van der Waals surface area (Å²) in [6.07, 6.45) is 3.94. The quantitative estimate of drug-likeness (QED) is 0.404. The fraction of sp³-hybridized carbons (Fsp3) is 0.0952. The molecule has 7 nitrogen and oxygen atoms in total. The van der Waals surface area contributed by atoms with Crippen molar-refractivity contribution in [1.29, 1.82) is 0 Å². The maximum Gasteiger partial charge on any atom is 0.241 e. The Hall–Kier alpha value is -3.42. The number of aromatic amines is 1. The molecule has 4 aromatic rings. The van der Waals surface area contributed by atoms with E-state index in [0.717, 1.165) is 22.0 Å². The second-order valence-electron chi connectivity index (χ2n) is 6.54. The van der Waals surface area contributed by atoms with E-state index in [1.54, 1.807) is 12.3 Å². The monoisotopic (exact) mass is 408 g/mol. The SMILES string of the molecule is Cl.Nc1nccc(-c2cccc(NC(=O)C(N)Cc3c[nH]c4ccccc34)c2)n1. The van der Waals surface area contributed by atoms with Gasteiger partial charge in [-0.25, -0.2) is 9.97 Å². The number of nitrogens with two attached hydrogens (primary N) is 2. The van der Waals surface area contributed by atoms with Gasteiger partial charge in [-0.2, -0.15) is 0 Å². The Morgan fingerprint density at radius 1 is 1.14 bits per heavy atom. The Kier molecular flexibility index (Phi) is 6.11. The number of benzene rings is 2. The molecule has 0 bridgehead atoms. The minimum Gasteiger partial charge on any atom is -0.368 e. The van der Waals surface area contributed by atoms with Crippen LogP contribution in [0, 0.1) is 0 Å². The summed E-state index contributed by atoms with van der Waals surface area (Å²) >= 11 is 0. The second kappa shape index (κ2) is 8.72. The van der Waals surface area contributed by atoms with Crippen LogP contribution in [0.15, 0.2) is 67.0 Å². The molecule has 0 aliphatic heterocycles. The molecule has 2 heterocycles. The van der Waals surface area contributed by atoms with Crippen LogP contribution in [-0.2, 0) is 11.2 Å². The maximum absolute atomic E-state index is 12.6. The molecular formula is C21H21ClN6O. The highest BCUT2D eigenvalue weighted by Gasteiger charge is 2.16. The number of H-pyrrole nitrogens is 1. The third-order valence-corrected chi connectivity index (χ3v) is 4.55. The molecule has 8 heteroatoms. The topological polar surface area (TPSA) is 123 Å². The molecule has 4 rings (SSSR count). The summed E-state index contributed by atoms with van der Waals surface area (Å²) in [6.45, 7) is 0. The van der Waals surface area contributed by atoms with Gasteiger partial charge in [-0.1, -0.05) is 30.3 Å². The first-order chi connectivity index (χ1) is 13.6. The van der Waals surface area contributed by atoms with Crippen molar-refractivity contribution in [3.63, 3.8) is 0 Å². The molecular weight excluding hydrogens is 388 g/mol. The zero-order valence-electron chi connectivity index (χ0n) is 15.5. The number of para-hydroxylation sites is 1. The predicted molar refractivity (Wildman–Crippen MR) is 118 cm³/mol. The fourth-order valence-electron chi connectivity index (χ4n) is 3.16. The number of aromatic nitrogens is 3. The lowest BCUT2D eigenvalue weighted by Gasteiger charge is -2.13. The highest BCUT2D eigenvalue weighted by atomic mass is 35.5. The number of halogens is 1. The summed E-state index contributed by atoms with van der Waals surface area (Å²) in [5.41, 5.74) is 16.0. The molecule has 0 spiro atoms. The van der Waals surface area contributed by atoms with E-state index in [4.69, 9.17) is 11.5 Å². The number of carbonyl (C=O) groups excluding carboxylic acids is 1. The summed E-state index contributed by atoms with van der Waals surface area (Å²) in [5, 5.41) is 3.96. The number of hydrogen-bond acceptors (Lipinski definition) is 5. The van der Waals surface area contributed by atoms with E-state index in [9.17, 15) is 4.79 Å². The molecule has 1 unspecified atom stereocenters. The Bertz CT molecular complexity index is 1140. The van der Waals surface area contributed by atoms with Crippen molar-refractivity contribution in [3.05, 3.63) is 72.6 Å². The van der Waals surface area contributed by atoms with Gasteiger partial charge >= 0.3 is 0 Å². The maximum atomic E-state index is 12.6. The van der Waals surface area contributed by atoms with Gasteiger partial charge in [0.15, 0.2) is 0 Å². The fourth-order valence-corrected chi connectivity index (χ4v) is 3.16. The van der Waals surface area contributed by atoms with Gasteiger partial charge in [-0.05, 0) is 36.2 Å². The van der Waals surface area contributed by atoms with Crippen LogP contribution in [0.2, 0.25) is 0 Å². The van der Waals surface area contributed by atoms with E-state index in [2.05, 4.69) is 20.3 Å². The lowest BCUT2D eigenvalue weighted by molar-refractivity contribution is -0.117. The van der Waals surface area contributed by atoms with Crippen LogP contribution in [0.25, 0.3) is 22.2 Å². The Labute approximate surface area is 174 Å². The van der Waals surface area contributed by atoms with E-state index in [0.29, 0.717) is 17.8 Å². The Morgan fingerprint density at radius 3 is 2.79 bits per heavy atom. The van der Waals surface area contributed by atoms with Crippen molar-refractivity contribution in [2.24, 2.45) is 5.73 Å². The molecule has 1 amide bonds. The Morgan fingerprint density at radius 2 is 1.97 bits per heavy atom. The zero-order chi connectivity index (χ0) is 19.5. The molecule has 29 heavy (non-hydrogen) atoms. The largest absolute Gasteiger partial charge is 0.368 e. The molecule has 0 radical (unpaired) electrons. The molecule has 0 aliphatic carbocycles. The lowest BCUT2D eigenvalue weighted by Crippen LogP contribution is -2.37. The molecule has 0 saturated heterocycles. The summed E-state index contributed by atoms with van der Waals surface area (Å²) < 4.78 is 0. The molecule has 0 saturated carbocycles. The van der Waals surface area contributed by atoms with Crippen molar-refractivity contribution in [1.82, 2.24) is 15.0 Å². The van der Waals surface area contributed by atoms with E-state index < -0.39 is 6.04 Å². The first-order valence-electron chi connectivity index (χ1n) is 8.90. The molecule has 0 aliphatic rings. The molecule has 148 valence electrons. The van der Waals surface area contributed by atoms with Crippen molar-refractivity contribution in [2.75, 3.05) is 11.1 Å². The van der Waals surface area contributed by atoms with Crippen LogP contribution in [0.1, 0.15) is 5.56 Å². The molecule has 6 N–H and O–H groups in total.